The number of benzene rings is 2. The van der Waals surface area contributed by atoms with Crippen molar-refractivity contribution < 1.29 is 9.84 Å². The highest BCUT2D eigenvalue weighted by atomic mass is 35.5. The highest BCUT2D eigenvalue weighted by molar-refractivity contribution is 6.35. The van der Waals surface area contributed by atoms with Crippen molar-refractivity contribution in [3.63, 3.8) is 0 Å². The van der Waals surface area contributed by atoms with Crippen LogP contribution in [0.5, 0.6) is 5.75 Å². The molecular formula is C23H29Cl3N4O2. The zero-order chi connectivity index (χ0) is 21.8. The van der Waals surface area contributed by atoms with Crippen LogP contribution in [0.2, 0.25) is 10.0 Å². The second kappa shape index (κ2) is 11.4. The van der Waals surface area contributed by atoms with Gasteiger partial charge in [0.15, 0.2) is 0 Å². The number of halogens is 3. The van der Waals surface area contributed by atoms with Gasteiger partial charge in [0.1, 0.15) is 18.5 Å². The summed E-state index contributed by atoms with van der Waals surface area (Å²) in [4.78, 5) is 2.47. The lowest BCUT2D eigenvalue weighted by Crippen LogP contribution is -2.36. The van der Waals surface area contributed by atoms with E-state index in [0.717, 1.165) is 37.2 Å². The number of aliphatic hydroxyl groups excluding tert-OH is 1. The van der Waals surface area contributed by atoms with Gasteiger partial charge in [-0.15, -0.1) is 12.4 Å². The number of aromatic nitrogens is 2. The zero-order valence-electron chi connectivity index (χ0n) is 17.8. The highest BCUT2D eigenvalue weighted by Gasteiger charge is 2.16. The smallest absolute Gasteiger partial charge is 0.203 e. The molecule has 3 aromatic rings. The Morgan fingerprint density at radius 3 is 2.34 bits per heavy atom. The third kappa shape index (κ3) is 5.80. The molecule has 2 N–H and O–H groups in total. The Morgan fingerprint density at radius 1 is 0.969 bits per heavy atom. The Kier molecular flexibility index (Phi) is 8.91. The van der Waals surface area contributed by atoms with E-state index in [2.05, 4.69) is 4.90 Å². The van der Waals surface area contributed by atoms with Gasteiger partial charge >= 0.3 is 0 Å². The van der Waals surface area contributed by atoms with Crippen LogP contribution < -0.4 is 10.4 Å². The van der Waals surface area contributed by atoms with Crippen LogP contribution >= 0.6 is 35.6 Å². The van der Waals surface area contributed by atoms with Gasteiger partial charge in [-0.05, 0) is 56.3 Å². The fraction of sp³-hybridized carbons (Fsp3) is 0.435. The lowest BCUT2D eigenvalue weighted by molar-refractivity contribution is 0.0921. The van der Waals surface area contributed by atoms with Gasteiger partial charge in [0.2, 0.25) is 5.62 Å². The van der Waals surface area contributed by atoms with Gasteiger partial charge in [-0.25, -0.2) is 0 Å². The molecule has 1 saturated heterocycles. The van der Waals surface area contributed by atoms with Gasteiger partial charge in [-0.2, -0.15) is 0 Å². The number of imidazole rings is 1. The fourth-order valence-corrected chi connectivity index (χ4v) is 4.63. The zero-order valence-corrected chi connectivity index (χ0v) is 20.2. The molecule has 0 bridgehead atoms. The van der Waals surface area contributed by atoms with E-state index in [4.69, 9.17) is 33.3 Å². The molecule has 0 spiro atoms. The van der Waals surface area contributed by atoms with Crippen LogP contribution in [0.25, 0.3) is 11.0 Å². The summed E-state index contributed by atoms with van der Waals surface area (Å²) in [7, 11) is 0. The number of para-hydroxylation sites is 2. The minimum atomic E-state index is -0.790. The van der Waals surface area contributed by atoms with E-state index in [0.29, 0.717) is 21.4 Å². The van der Waals surface area contributed by atoms with Crippen LogP contribution in [0.15, 0.2) is 42.5 Å². The second-order valence-corrected chi connectivity index (χ2v) is 8.86. The molecule has 1 unspecified atom stereocenters. The Morgan fingerprint density at radius 2 is 1.66 bits per heavy atom. The molecule has 9 heteroatoms. The molecule has 1 aliphatic rings. The van der Waals surface area contributed by atoms with E-state index in [1.807, 2.05) is 33.4 Å². The van der Waals surface area contributed by atoms with Crippen molar-refractivity contribution >= 4 is 46.6 Å². The maximum absolute atomic E-state index is 10.6. The SMILES string of the molecule is Cl.N=c1n(CCN2CCCCC2)c2ccccc2n1CC(O)COc1ccc(Cl)cc1Cl. The van der Waals surface area contributed by atoms with Crippen molar-refractivity contribution in [3.8, 4) is 5.75 Å². The standard InChI is InChI=1S/C23H28Cl2N4O2.ClH/c24-17-8-9-22(19(25)14-17)31-16-18(30)15-29-21-7-3-2-6-20(21)28(23(29)26)13-12-27-10-4-1-5-11-27;/h2-3,6-9,14,18,26,30H,1,4-5,10-13,15-16H2;1H. The Balaban J connectivity index is 0.00000289. The molecule has 0 aliphatic carbocycles. The number of ether oxygens (including phenoxy) is 1. The van der Waals surface area contributed by atoms with E-state index >= 15 is 0 Å². The molecule has 1 atom stereocenters. The quantitative estimate of drug-likeness (QED) is 0.477. The summed E-state index contributed by atoms with van der Waals surface area (Å²) < 4.78 is 9.57. The number of nitrogens with zero attached hydrogens (tertiary/aromatic N) is 3. The summed E-state index contributed by atoms with van der Waals surface area (Å²) in [5.41, 5.74) is 2.34. The molecule has 0 radical (unpaired) electrons. The fourth-order valence-electron chi connectivity index (χ4n) is 4.17. The first-order valence-electron chi connectivity index (χ1n) is 10.7. The summed E-state index contributed by atoms with van der Waals surface area (Å²) >= 11 is 12.1. The number of aliphatic hydroxyl groups is 1. The molecule has 4 rings (SSSR count). The van der Waals surface area contributed by atoms with Crippen LogP contribution in [-0.4, -0.2) is 51.5 Å². The van der Waals surface area contributed by atoms with Crippen molar-refractivity contribution in [2.75, 3.05) is 26.2 Å². The van der Waals surface area contributed by atoms with Gasteiger partial charge in [0.05, 0.1) is 22.6 Å². The van der Waals surface area contributed by atoms with Gasteiger partial charge in [-0.3, -0.25) is 5.41 Å². The van der Waals surface area contributed by atoms with E-state index < -0.39 is 6.10 Å². The number of likely N-dealkylation sites (tertiary alicyclic amines) is 1. The number of rotatable bonds is 8. The predicted molar refractivity (Wildman–Crippen MR) is 131 cm³/mol. The lowest BCUT2D eigenvalue weighted by Gasteiger charge is -2.26. The molecule has 2 aromatic carbocycles. The molecule has 0 amide bonds. The number of hydrogen-bond donors (Lipinski definition) is 2. The Hall–Kier alpha value is -1.70. The summed E-state index contributed by atoms with van der Waals surface area (Å²) in [6.07, 6.45) is 3.03. The average Bonchev–Trinajstić information content (AvgIpc) is 3.03. The van der Waals surface area contributed by atoms with Crippen LogP contribution in [0.1, 0.15) is 19.3 Å². The molecule has 1 aliphatic heterocycles. The lowest BCUT2D eigenvalue weighted by atomic mass is 10.1. The molecule has 6 nitrogen and oxygen atoms in total. The van der Waals surface area contributed by atoms with E-state index in [9.17, 15) is 5.11 Å². The first kappa shape index (κ1) is 24.9. The largest absolute Gasteiger partial charge is 0.489 e. The second-order valence-electron chi connectivity index (χ2n) is 8.02. The molecule has 0 saturated carbocycles. The van der Waals surface area contributed by atoms with Crippen molar-refractivity contribution in [1.29, 1.82) is 5.41 Å². The summed E-state index contributed by atoms with van der Waals surface area (Å²) in [6.45, 7) is 4.30. The number of fused-ring (bicyclic) bond motifs is 1. The maximum Gasteiger partial charge on any atom is 0.203 e. The molecule has 1 fully saturated rings. The van der Waals surface area contributed by atoms with Crippen LogP contribution in [-0.2, 0) is 13.1 Å². The van der Waals surface area contributed by atoms with Crippen molar-refractivity contribution in [1.82, 2.24) is 14.0 Å². The molecule has 174 valence electrons. The molecular weight excluding hydrogens is 471 g/mol. The monoisotopic (exact) mass is 498 g/mol. The first-order chi connectivity index (χ1) is 15.0. The number of hydrogen-bond acceptors (Lipinski definition) is 4. The number of nitrogens with one attached hydrogen (secondary N) is 1. The average molecular weight is 500 g/mol. The van der Waals surface area contributed by atoms with Crippen molar-refractivity contribution in [3.05, 3.63) is 58.1 Å². The Bertz CT molecular complexity index is 1090. The minimum absolute atomic E-state index is 0. The van der Waals surface area contributed by atoms with Crippen LogP contribution in [0, 0.1) is 5.41 Å². The van der Waals surface area contributed by atoms with E-state index in [1.165, 1.54) is 19.3 Å². The van der Waals surface area contributed by atoms with Gasteiger partial charge in [-0.1, -0.05) is 41.8 Å². The van der Waals surface area contributed by atoms with Crippen molar-refractivity contribution in [2.24, 2.45) is 0 Å². The highest BCUT2D eigenvalue weighted by Crippen LogP contribution is 2.27. The van der Waals surface area contributed by atoms with Gasteiger partial charge in [0.25, 0.3) is 0 Å². The van der Waals surface area contributed by atoms with Gasteiger partial charge in [0, 0.05) is 18.1 Å². The van der Waals surface area contributed by atoms with Gasteiger partial charge < -0.3 is 23.9 Å². The summed E-state index contributed by atoms with van der Waals surface area (Å²) in [5.74, 6) is 0.477. The minimum Gasteiger partial charge on any atom is -0.489 e. The topological polar surface area (TPSA) is 66.4 Å². The number of piperidine rings is 1. The Labute approximate surface area is 204 Å². The van der Waals surface area contributed by atoms with Crippen molar-refractivity contribution in [2.45, 2.75) is 38.5 Å². The summed E-state index contributed by atoms with van der Waals surface area (Å²) in [6, 6.07) is 13.0. The van der Waals surface area contributed by atoms with E-state index in [1.54, 1.807) is 18.2 Å². The third-order valence-corrected chi connectivity index (χ3v) is 6.31. The first-order valence-corrected chi connectivity index (χ1v) is 11.5. The van der Waals surface area contributed by atoms with Crippen LogP contribution in [0.4, 0.5) is 0 Å². The molecule has 1 aromatic heterocycles. The van der Waals surface area contributed by atoms with E-state index in [-0.39, 0.29) is 25.6 Å². The predicted octanol–water partition coefficient (Wildman–Crippen LogP) is 4.58. The third-order valence-electron chi connectivity index (χ3n) is 5.78. The normalized spacial score (nSPS) is 15.5. The van der Waals surface area contributed by atoms with Crippen LogP contribution in [0.3, 0.4) is 0 Å². The molecule has 2 heterocycles. The molecule has 32 heavy (non-hydrogen) atoms. The summed E-state index contributed by atoms with van der Waals surface area (Å²) in [5, 5.41) is 20.3. The maximum atomic E-state index is 10.6.